The van der Waals surface area contributed by atoms with Gasteiger partial charge in [0.2, 0.25) is 0 Å². The lowest BCUT2D eigenvalue weighted by molar-refractivity contribution is -0.143. The van der Waals surface area contributed by atoms with Gasteiger partial charge in [-0.2, -0.15) is 0 Å². The summed E-state index contributed by atoms with van der Waals surface area (Å²) in [6.45, 7) is 4.89. The van der Waals surface area contributed by atoms with E-state index in [1.54, 1.807) is 20.8 Å². The number of aromatic nitrogens is 2. The molecular weight excluding hydrogens is 377 g/mol. The maximum atomic E-state index is 14.8. The van der Waals surface area contributed by atoms with E-state index in [1.807, 2.05) is 0 Å². The topological polar surface area (TPSA) is 82.3 Å². The van der Waals surface area contributed by atoms with Crippen LogP contribution in [0.25, 0.3) is 10.9 Å². The predicted octanol–water partition coefficient (Wildman–Crippen LogP) is 3.19. The van der Waals surface area contributed by atoms with Crippen molar-refractivity contribution in [2.75, 3.05) is 11.9 Å². The maximum absolute atomic E-state index is 14.8. The van der Waals surface area contributed by atoms with Gasteiger partial charge in [0.1, 0.15) is 12.4 Å². The Labute approximate surface area is 168 Å². The van der Waals surface area contributed by atoms with E-state index in [0.717, 1.165) is 36.3 Å². The zero-order chi connectivity index (χ0) is 21.1. The van der Waals surface area contributed by atoms with Crippen molar-refractivity contribution < 1.29 is 13.9 Å². The number of hydrogen-bond acceptors (Lipinski definition) is 5. The highest BCUT2D eigenvalue weighted by Gasteiger charge is 2.21. The molecule has 0 spiro atoms. The largest absolute Gasteiger partial charge is 0.465 e. The fourth-order valence-corrected chi connectivity index (χ4v) is 3.95. The number of anilines is 1. The summed E-state index contributed by atoms with van der Waals surface area (Å²) in [6.07, 6.45) is 5.32. The fraction of sp³-hybridized carbons (Fsp3) is 0.571. The SMILES string of the molecule is CCOC(=O)Cn1c(=O)c2cc(F)c(NC3CCCCC3)cc2n(C(C)C)c1=O. The van der Waals surface area contributed by atoms with Gasteiger partial charge in [0, 0.05) is 12.1 Å². The summed E-state index contributed by atoms with van der Waals surface area (Å²) < 4.78 is 21.9. The Morgan fingerprint density at radius 3 is 2.55 bits per heavy atom. The summed E-state index contributed by atoms with van der Waals surface area (Å²) in [4.78, 5) is 37.7. The zero-order valence-corrected chi connectivity index (χ0v) is 17.2. The van der Waals surface area contributed by atoms with Crippen molar-refractivity contribution in [2.45, 2.75) is 71.5 Å². The number of ether oxygens (including phenoxy) is 1. The third-order valence-corrected chi connectivity index (χ3v) is 5.33. The molecule has 1 fully saturated rings. The number of halogens is 1. The van der Waals surface area contributed by atoms with E-state index < -0.39 is 29.6 Å². The van der Waals surface area contributed by atoms with Gasteiger partial charge in [0.25, 0.3) is 5.56 Å². The molecule has 158 valence electrons. The maximum Gasteiger partial charge on any atom is 0.332 e. The van der Waals surface area contributed by atoms with Crippen molar-refractivity contribution in [1.29, 1.82) is 0 Å². The van der Waals surface area contributed by atoms with E-state index >= 15 is 0 Å². The zero-order valence-electron chi connectivity index (χ0n) is 17.2. The van der Waals surface area contributed by atoms with Crippen molar-refractivity contribution in [3.8, 4) is 0 Å². The van der Waals surface area contributed by atoms with Crippen LogP contribution in [0.15, 0.2) is 21.7 Å². The van der Waals surface area contributed by atoms with E-state index in [1.165, 1.54) is 17.1 Å². The van der Waals surface area contributed by atoms with Crippen molar-refractivity contribution in [3.63, 3.8) is 0 Å². The molecular formula is C21H28FN3O4. The Morgan fingerprint density at radius 2 is 1.93 bits per heavy atom. The summed E-state index contributed by atoms with van der Waals surface area (Å²) in [5, 5.41) is 3.30. The average molecular weight is 405 g/mol. The molecule has 0 bridgehead atoms. The second kappa shape index (κ2) is 8.80. The highest BCUT2D eigenvalue weighted by atomic mass is 19.1. The minimum atomic E-state index is -0.696. The lowest BCUT2D eigenvalue weighted by Crippen LogP contribution is -2.42. The molecule has 0 amide bonds. The van der Waals surface area contributed by atoms with Crippen molar-refractivity contribution in [1.82, 2.24) is 9.13 Å². The summed E-state index contributed by atoms with van der Waals surface area (Å²) in [5.74, 6) is -1.23. The molecule has 1 aromatic carbocycles. The Morgan fingerprint density at radius 1 is 1.24 bits per heavy atom. The highest BCUT2D eigenvalue weighted by molar-refractivity contribution is 5.82. The van der Waals surface area contributed by atoms with E-state index in [-0.39, 0.29) is 24.1 Å². The number of benzene rings is 1. The van der Waals surface area contributed by atoms with Gasteiger partial charge in [-0.3, -0.25) is 14.2 Å². The lowest BCUT2D eigenvalue weighted by Gasteiger charge is -2.25. The van der Waals surface area contributed by atoms with E-state index in [2.05, 4.69) is 5.32 Å². The number of nitrogens with one attached hydrogen (secondary N) is 1. The van der Waals surface area contributed by atoms with Crippen molar-refractivity contribution in [3.05, 3.63) is 38.8 Å². The van der Waals surface area contributed by atoms with Crippen molar-refractivity contribution >= 4 is 22.6 Å². The first-order valence-electron chi connectivity index (χ1n) is 10.2. The Kier molecular flexibility index (Phi) is 6.39. The number of carbonyl (C=O) groups excluding carboxylic acids is 1. The summed E-state index contributed by atoms with van der Waals surface area (Å²) >= 11 is 0. The number of hydrogen-bond donors (Lipinski definition) is 1. The van der Waals surface area contributed by atoms with Gasteiger partial charge in [-0.25, -0.2) is 13.8 Å². The molecule has 0 atom stereocenters. The normalized spacial score (nSPS) is 15.1. The molecule has 1 aromatic heterocycles. The first kappa shape index (κ1) is 21.1. The van der Waals surface area contributed by atoms with Crippen LogP contribution in [-0.2, 0) is 16.1 Å². The van der Waals surface area contributed by atoms with Crippen LogP contribution < -0.4 is 16.6 Å². The van der Waals surface area contributed by atoms with E-state index in [4.69, 9.17) is 4.74 Å². The molecule has 0 aliphatic heterocycles. The van der Waals surface area contributed by atoms with Crippen LogP contribution in [0.2, 0.25) is 0 Å². The van der Waals surface area contributed by atoms with Gasteiger partial charge >= 0.3 is 11.7 Å². The number of carbonyl (C=O) groups is 1. The Hall–Kier alpha value is -2.64. The molecule has 7 nitrogen and oxygen atoms in total. The molecule has 1 aliphatic rings. The molecule has 3 rings (SSSR count). The van der Waals surface area contributed by atoms with Gasteiger partial charge in [-0.1, -0.05) is 19.3 Å². The average Bonchev–Trinajstić information content (AvgIpc) is 2.67. The molecule has 2 aromatic rings. The van der Waals surface area contributed by atoms with E-state index in [0.29, 0.717) is 11.2 Å². The van der Waals surface area contributed by atoms with Crippen LogP contribution in [-0.4, -0.2) is 27.8 Å². The van der Waals surface area contributed by atoms with Crippen LogP contribution in [0.1, 0.15) is 58.9 Å². The van der Waals surface area contributed by atoms with Crippen LogP contribution in [0, 0.1) is 5.82 Å². The summed E-state index contributed by atoms with van der Waals surface area (Å²) in [5.41, 5.74) is -0.658. The van der Waals surface area contributed by atoms with Gasteiger partial charge in [0.05, 0.1) is 23.2 Å². The van der Waals surface area contributed by atoms with Crippen LogP contribution in [0.3, 0.4) is 0 Å². The summed E-state index contributed by atoms with van der Waals surface area (Å²) in [7, 11) is 0. The fourth-order valence-electron chi connectivity index (χ4n) is 3.95. The first-order valence-corrected chi connectivity index (χ1v) is 10.2. The van der Waals surface area contributed by atoms with Crippen LogP contribution in [0.4, 0.5) is 10.1 Å². The van der Waals surface area contributed by atoms with Crippen molar-refractivity contribution in [2.24, 2.45) is 0 Å². The molecule has 0 radical (unpaired) electrons. The summed E-state index contributed by atoms with van der Waals surface area (Å²) in [6, 6.07) is 2.59. The Bertz CT molecular complexity index is 1020. The molecule has 1 saturated carbocycles. The predicted molar refractivity (Wildman–Crippen MR) is 110 cm³/mol. The van der Waals surface area contributed by atoms with Gasteiger partial charge in [0.15, 0.2) is 0 Å². The molecule has 1 aliphatic carbocycles. The molecule has 0 saturated heterocycles. The second-order valence-corrected chi connectivity index (χ2v) is 7.77. The monoisotopic (exact) mass is 405 g/mol. The van der Waals surface area contributed by atoms with Crippen LogP contribution >= 0.6 is 0 Å². The number of fused-ring (bicyclic) bond motifs is 1. The van der Waals surface area contributed by atoms with Gasteiger partial charge in [-0.05, 0) is 45.7 Å². The third kappa shape index (κ3) is 4.36. The quantitative estimate of drug-likeness (QED) is 0.747. The smallest absolute Gasteiger partial charge is 0.332 e. The number of esters is 1. The molecule has 1 heterocycles. The third-order valence-electron chi connectivity index (χ3n) is 5.33. The van der Waals surface area contributed by atoms with Gasteiger partial charge in [-0.15, -0.1) is 0 Å². The second-order valence-electron chi connectivity index (χ2n) is 7.77. The molecule has 0 unspecified atom stereocenters. The minimum Gasteiger partial charge on any atom is -0.465 e. The van der Waals surface area contributed by atoms with Crippen LogP contribution in [0.5, 0.6) is 0 Å². The van der Waals surface area contributed by atoms with Gasteiger partial charge < -0.3 is 10.1 Å². The standard InChI is InChI=1S/C21H28FN3O4/c1-4-29-19(26)12-24-20(27)15-10-16(22)17(23-14-8-6-5-7-9-14)11-18(15)25(13(2)3)21(24)28/h10-11,13-14,23H,4-9,12H2,1-3H3. The number of rotatable bonds is 6. The molecule has 8 heteroatoms. The minimum absolute atomic E-state index is 0.0642. The first-order chi connectivity index (χ1) is 13.8. The highest BCUT2D eigenvalue weighted by Crippen LogP contribution is 2.26. The Balaban J connectivity index is 2.14. The lowest BCUT2D eigenvalue weighted by atomic mass is 9.95. The number of nitrogens with zero attached hydrogens (tertiary/aromatic N) is 2. The molecule has 1 N–H and O–H groups in total. The van der Waals surface area contributed by atoms with E-state index in [9.17, 15) is 18.8 Å². The molecule has 29 heavy (non-hydrogen) atoms.